The van der Waals surface area contributed by atoms with Gasteiger partial charge in [-0.2, -0.15) is 0 Å². The van der Waals surface area contributed by atoms with E-state index < -0.39 is 52.4 Å². The lowest BCUT2D eigenvalue weighted by atomic mass is 9.44. The molecule has 0 aromatic heterocycles. The maximum atomic E-state index is 14.8. The van der Waals surface area contributed by atoms with Crippen molar-refractivity contribution in [3.63, 3.8) is 0 Å². The number of Topliss-reactive ketones (excluding diaryl/α,β-unsaturated/α-hetero) is 1. The van der Waals surface area contributed by atoms with Gasteiger partial charge in [0.25, 0.3) is 0 Å². The smallest absolute Gasteiger partial charge is 0.404 e. The molecular weight excluding hydrogens is 385 g/mol. The summed E-state index contributed by atoms with van der Waals surface area (Å²) in [6.07, 6.45) is -0.422. The van der Waals surface area contributed by atoms with Crippen molar-refractivity contribution in [2.75, 3.05) is 0 Å². The Hall–Kier alpha value is -1.14. The molecule has 3 fully saturated rings. The van der Waals surface area contributed by atoms with Crippen LogP contribution in [0, 0.1) is 34.0 Å². The molecule has 3 rings (SSSR count). The molecule has 2 unspecified atom stereocenters. The average Bonchev–Trinajstić information content (AvgIpc) is 2.87. The van der Waals surface area contributed by atoms with Gasteiger partial charge in [-0.25, -0.2) is 9.18 Å². The minimum Gasteiger partial charge on any atom is -0.446 e. The van der Waals surface area contributed by atoms with E-state index in [-0.39, 0.29) is 30.7 Å². The van der Waals surface area contributed by atoms with Crippen LogP contribution in [0.4, 0.5) is 9.18 Å². The van der Waals surface area contributed by atoms with E-state index in [1.807, 2.05) is 27.7 Å². The number of ether oxygens (including phenoxy) is 1. The number of hydrogen-bond donors (Lipinski definition) is 2. The number of rotatable bonds is 2. The van der Waals surface area contributed by atoms with Crippen LogP contribution in [0.3, 0.4) is 0 Å². The molecule has 7 heteroatoms. The molecule has 0 heterocycles. The Balaban J connectivity index is 0.00000280. The molecule has 3 saturated carbocycles. The lowest BCUT2D eigenvalue weighted by molar-refractivity contribution is -0.191. The van der Waals surface area contributed by atoms with Crippen LogP contribution in [0.2, 0.25) is 0 Å². The highest BCUT2D eigenvalue weighted by molar-refractivity contribution is 5.90. The number of halogens is 2. The number of ketones is 1. The fraction of sp³-hybridized carbons (Fsp3) is 0.810. The van der Waals surface area contributed by atoms with Crippen LogP contribution >= 0.6 is 12.4 Å². The van der Waals surface area contributed by atoms with Crippen molar-refractivity contribution in [3.8, 4) is 0 Å². The first-order valence-corrected chi connectivity index (χ1v) is 9.89. The van der Waals surface area contributed by atoms with Gasteiger partial charge < -0.3 is 15.6 Å². The van der Waals surface area contributed by atoms with Gasteiger partial charge in [-0.3, -0.25) is 4.79 Å². The second kappa shape index (κ2) is 7.28. The number of nitrogens with two attached hydrogens (primary N) is 1. The van der Waals surface area contributed by atoms with E-state index >= 15 is 0 Å². The molecule has 0 aromatic rings. The molecule has 0 aliphatic heterocycles. The minimum absolute atomic E-state index is 0. The second-order valence-corrected chi connectivity index (χ2v) is 9.62. The van der Waals surface area contributed by atoms with Gasteiger partial charge in [-0.1, -0.05) is 33.8 Å². The molecular formula is C21H33ClFNO4. The quantitative estimate of drug-likeness (QED) is 0.668. The van der Waals surface area contributed by atoms with E-state index in [1.54, 1.807) is 6.08 Å². The fourth-order valence-corrected chi connectivity index (χ4v) is 6.59. The maximum Gasteiger partial charge on any atom is 0.404 e. The Bertz CT molecular complexity index is 675. The van der Waals surface area contributed by atoms with Crippen molar-refractivity contribution >= 4 is 24.3 Å². The van der Waals surface area contributed by atoms with Crippen molar-refractivity contribution in [1.82, 2.24) is 0 Å². The summed E-state index contributed by atoms with van der Waals surface area (Å²) in [5, 5.41) is 11.3. The summed E-state index contributed by atoms with van der Waals surface area (Å²) in [4.78, 5) is 24.7. The van der Waals surface area contributed by atoms with Gasteiger partial charge in [-0.15, -0.1) is 19.0 Å². The zero-order valence-corrected chi connectivity index (χ0v) is 17.9. The number of primary amides is 1. The summed E-state index contributed by atoms with van der Waals surface area (Å²) >= 11 is 0. The van der Waals surface area contributed by atoms with Crippen LogP contribution in [0.1, 0.15) is 53.4 Å². The zero-order chi connectivity index (χ0) is 20.4. The third kappa shape index (κ3) is 2.90. The molecule has 160 valence electrons. The molecule has 0 aromatic carbocycles. The molecule has 2 bridgehead atoms. The van der Waals surface area contributed by atoms with Crippen LogP contribution in [0.15, 0.2) is 12.7 Å². The molecule has 0 radical (unpaired) electrons. The van der Waals surface area contributed by atoms with Crippen molar-refractivity contribution in [2.45, 2.75) is 71.8 Å². The first-order valence-electron chi connectivity index (χ1n) is 9.89. The summed E-state index contributed by atoms with van der Waals surface area (Å²) in [5.74, 6) is -1.25. The Morgan fingerprint density at radius 3 is 2.50 bits per heavy atom. The van der Waals surface area contributed by atoms with Crippen LogP contribution in [-0.4, -0.2) is 35.4 Å². The fourth-order valence-electron chi connectivity index (χ4n) is 6.59. The average molecular weight is 418 g/mol. The summed E-state index contributed by atoms with van der Waals surface area (Å²) in [5.41, 5.74) is 3.23. The van der Waals surface area contributed by atoms with Crippen LogP contribution in [0.5, 0.6) is 0 Å². The molecule has 3 N–H and O–H groups in total. The molecule has 9 atom stereocenters. The topological polar surface area (TPSA) is 89.6 Å². The summed E-state index contributed by atoms with van der Waals surface area (Å²) < 4.78 is 20.4. The highest BCUT2D eigenvalue weighted by Gasteiger charge is 2.70. The molecule has 0 spiro atoms. The van der Waals surface area contributed by atoms with Crippen molar-refractivity contribution < 1.29 is 23.8 Å². The Labute approximate surface area is 172 Å². The maximum absolute atomic E-state index is 14.8. The van der Waals surface area contributed by atoms with Crippen LogP contribution in [-0.2, 0) is 9.53 Å². The highest BCUT2D eigenvalue weighted by atomic mass is 35.5. The molecule has 0 saturated heterocycles. The van der Waals surface area contributed by atoms with E-state index in [0.717, 1.165) is 6.42 Å². The summed E-state index contributed by atoms with van der Waals surface area (Å²) in [7, 11) is 0. The number of hydrogen-bond acceptors (Lipinski definition) is 4. The largest absolute Gasteiger partial charge is 0.446 e. The Morgan fingerprint density at radius 2 is 1.96 bits per heavy atom. The van der Waals surface area contributed by atoms with Crippen molar-refractivity contribution in [1.29, 1.82) is 0 Å². The number of carbonyl (C=O) groups excluding carboxylic acids is 2. The van der Waals surface area contributed by atoms with Gasteiger partial charge in [0, 0.05) is 16.7 Å². The number of aliphatic hydroxyl groups excluding tert-OH is 1. The lowest BCUT2D eigenvalue weighted by Gasteiger charge is -2.61. The summed E-state index contributed by atoms with van der Waals surface area (Å²) in [6.45, 7) is 11.7. The monoisotopic (exact) mass is 417 g/mol. The lowest BCUT2D eigenvalue weighted by Crippen LogP contribution is -2.63. The van der Waals surface area contributed by atoms with Gasteiger partial charge in [0.2, 0.25) is 0 Å². The van der Waals surface area contributed by atoms with Gasteiger partial charge in [0.15, 0.2) is 12.0 Å². The van der Waals surface area contributed by atoms with E-state index in [9.17, 15) is 19.1 Å². The number of alkyl halides is 1. The van der Waals surface area contributed by atoms with Crippen LogP contribution < -0.4 is 5.73 Å². The molecule has 3 aliphatic rings. The highest BCUT2D eigenvalue weighted by Crippen LogP contribution is 2.68. The molecule has 28 heavy (non-hydrogen) atoms. The Morgan fingerprint density at radius 1 is 1.36 bits per heavy atom. The predicted octanol–water partition coefficient (Wildman–Crippen LogP) is 3.81. The number of carbonyl (C=O) groups is 2. The molecule has 3 aliphatic carbocycles. The van der Waals surface area contributed by atoms with Crippen molar-refractivity contribution in [3.05, 3.63) is 12.7 Å². The van der Waals surface area contributed by atoms with E-state index in [4.69, 9.17) is 10.5 Å². The third-order valence-corrected chi connectivity index (χ3v) is 8.55. The normalized spacial score (nSPS) is 50.6. The number of aliphatic hydroxyl groups is 1. The summed E-state index contributed by atoms with van der Waals surface area (Å²) in [6, 6.07) is 0. The van der Waals surface area contributed by atoms with E-state index in [1.165, 1.54) is 0 Å². The van der Waals surface area contributed by atoms with Gasteiger partial charge in [-0.05, 0) is 42.9 Å². The standard InChI is InChI=1S/C21H32FNO4.ClH/c1-6-19(4)10-14(27-18(23)26)20(5)11(2)7-8-21(12(3)17(19)25)9-13(22)15(24)16(20)21;/h6,11-14,16-17,25H,1,7-10H2,2-5H3,(H2,23,26);1H/t11?,12-,13-,14+,16?,17-,19+,20-,21-;/m0./s1. The Kier molecular flexibility index (Phi) is 6.02. The van der Waals surface area contributed by atoms with Crippen LogP contribution in [0.25, 0.3) is 0 Å². The first kappa shape index (κ1) is 23.1. The zero-order valence-electron chi connectivity index (χ0n) is 17.1. The SMILES string of the molecule is C=C[C@]1(C)C[C@@H](OC(N)=O)[C@]2(C)C(C)CC[C@]3(C[C@H](F)C(=O)C32)[C@@H](C)[C@@H]1O.Cl. The second-order valence-electron chi connectivity index (χ2n) is 9.62. The van der Waals surface area contributed by atoms with E-state index in [0.29, 0.717) is 12.8 Å². The van der Waals surface area contributed by atoms with Crippen molar-refractivity contribution in [2.24, 2.45) is 39.7 Å². The number of amides is 1. The first-order chi connectivity index (χ1) is 12.4. The van der Waals surface area contributed by atoms with Gasteiger partial charge in [0.05, 0.1) is 6.10 Å². The predicted molar refractivity (Wildman–Crippen MR) is 107 cm³/mol. The van der Waals surface area contributed by atoms with Gasteiger partial charge >= 0.3 is 6.09 Å². The molecule has 5 nitrogen and oxygen atoms in total. The van der Waals surface area contributed by atoms with Gasteiger partial charge in [0.1, 0.15) is 6.10 Å². The molecule has 1 amide bonds. The van der Waals surface area contributed by atoms with E-state index in [2.05, 4.69) is 6.58 Å². The third-order valence-electron chi connectivity index (χ3n) is 8.55. The minimum atomic E-state index is -1.54.